The van der Waals surface area contributed by atoms with Gasteiger partial charge in [0.1, 0.15) is 0 Å². The molecule has 1 aromatic carbocycles. The fourth-order valence-electron chi connectivity index (χ4n) is 0.760. The van der Waals surface area contributed by atoms with Gasteiger partial charge >= 0.3 is 0 Å². The van der Waals surface area contributed by atoms with Crippen LogP contribution in [0.15, 0.2) is 30.3 Å². The van der Waals surface area contributed by atoms with E-state index in [1.54, 1.807) is 0 Å². The Labute approximate surface area is 96.3 Å². The van der Waals surface area contributed by atoms with Crippen molar-refractivity contribution in [2.75, 3.05) is 6.16 Å². The van der Waals surface area contributed by atoms with Crippen molar-refractivity contribution in [1.82, 2.24) is 0 Å². The molecule has 0 amide bonds. The van der Waals surface area contributed by atoms with Crippen LogP contribution in [0.25, 0.3) is 0 Å². The first-order valence-corrected chi connectivity index (χ1v) is 4.43. The molecule has 0 bridgehead atoms. The Morgan fingerprint density at radius 3 is 2.30 bits per heavy atom. The first kappa shape index (κ1) is 11.0. The molecule has 0 nitrogen and oxygen atoms in total. The van der Waals surface area contributed by atoms with Gasteiger partial charge in [-0.3, -0.25) is 0 Å². The van der Waals surface area contributed by atoms with Gasteiger partial charge in [-0.2, -0.15) is 0 Å². The van der Waals surface area contributed by atoms with Crippen molar-refractivity contribution in [3.63, 3.8) is 0 Å². The Morgan fingerprint density at radius 1 is 1.20 bits per heavy atom. The van der Waals surface area contributed by atoms with Crippen LogP contribution in [-0.2, 0) is 0 Å². The first-order valence-electron chi connectivity index (χ1n) is 3.22. The molecule has 0 aliphatic heterocycles. The molecule has 1 rings (SSSR count). The zero-order valence-electron chi connectivity index (χ0n) is 5.95. The summed E-state index contributed by atoms with van der Waals surface area (Å²) in [5.41, 5.74) is 0. The third-order valence-electron chi connectivity index (χ3n) is 1.15. The smallest absolute Gasteiger partial charge is 0 e. The van der Waals surface area contributed by atoms with E-state index < -0.39 is 0 Å². The maximum atomic E-state index is 2.21. The van der Waals surface area contributed by atoms with E-state index in [9.17, 15) is 0 Å². The van der Waals surface area contributed by atoms with Gasteiger partial charge in [-0.05, 0) is 11.5 Å². The summed E-state index contributed by atoms with van der Waals surface area (Å²) in [7, 11) is 0.987. The van der Waals surface area contributed by atoms with E-state index in [1.807, 2.05) is 0 Å². The van der Waals surface area contributed by atoms with E-state index in [4.69, 9.17) is 0 Å². The SMILES string of the molecule is CCPc1ccccc1.[Gd]. The average Bonchev–Trinajstić information content (AvgIpc) is 1.91. The van der Waals surface area contributed by atoms with Crippen LogP contribution in [0.2, 0.25) is 0 Å². The maximum absolute atomic E-state index is 2.21. The summed E-state index contributed by atoms with van der Waals surface area (Å²) in [4.78, 5) is 0. The summed E-state index contributed by atoms with van der Waals surface area (Å²) in [6, 6.07) is 10.6. The van der Waals surface area contributed by atoms with Crippen LogP contribution in [0, 0.1) is 39.9 Å². The first-order chi connectivity index (χ1) is 4.43. The van der Waals surface area contributed by atoms with Gasteiger partial charge in [-0.25, -0.2) is 0 Å². The Balaban J connectivity index is 0.000000810. The van der Waals surface area contributed by atoms with E-state index >= 15 is 0 Å². The molecule has 0 aliphatic rings. The molecule has 0 saturated carbocycles. The summed E-state index contributed by atoms with van der Waals surface area (Å²) in [6.45, 7) is 2.21. The fraction of sp³-hybridized carbons (Fsp3) is 0.250. The Morgan fingerprint density at radius 2 is 1.80 bits per heavy atom. The van der Waals surface area contributed by atoms with Gasteiger partial charge in [0.05, 0.1) is 0 Å². The molecular weight excluding hydrogens is 284 g/mol. The van der Waals surface area contributed by atoms with Gasteiger partial charge in [0.25, 0.3) is 0 Å². The quantitative estimate of drug-likeness (QED) is 0.732. The van der Waals surface area contributed by atoms with Crippen LogP contribution in [0.4, 0.5) is 0 Å². The minimum atomic E-state index is 0. The van der Waals surface area contributed by atoms with Gasteiger partial charge in [-0.15, -0.1) is 0 Å². The van der Waals surface area contributed by atoms with E-state index in [0.717, 1.165) is 8.58 Å². The van der Waals surface area contributed by atoms with E-state index in [1.165, 1.54) is 11.5 Å². The van der Waals surface area contributed by atoms with Crippen molar-refractivity contribution in [1.29, 1.82) is 0 Å². The van der Waals surface area contributed by atoms with Crippen molar-refractivity contribution >= 4 is 13.9 Å². The molecule has 1 aromatic rings. The van der Waals surface area contributed by atoms with Crippen molar-refractivity contribution in [3.05, 3.63) is 30.3 Å². The second-order valence-corrected chi connectivity index (χ2v) is 3.53. The van der Waals surface area contributed by atoms with Crippen LogP contribution in [0.3, 0.4) is 0 Å². The average molecular weight is 295 g/mol. The molecule has 0 aromatic heterocycles. The van der Waals surface area contributed by atoms with Crippen molar-refractivity contribution in [3.8, 4) is 0 Å². The van der Waals surface area contributed by atoms with E-state index in [2.05, 4.69) is 37.3 Å². The summed E-state index contributed by atoms with van der Waals surface area (Å²) < 4.78 is 0. The molecule has 0 saturated heterocycles. The normalized spacial score (nSPS) is 9.70. The number of hydrogen-bond acceptors (Lipinski definition) is 0. The van der Waals surface area contributed by atoms with E-state index in [0.29, 0.717) is 0 Å². The van der Waals surface area contributed by atoms with Crippen molar-refractivity contribution < 1.29 is 39.9 Å². The van der Waals surface area contributed by atoms with Gasteiger partial charge < -0.3 is 0 Å². The van der Waals surface area contributed by atoms with Crippen LogP contribution in [-0.4, -0.2) is 6.16 Å². The summed E-state index contributed by atoms with van der Waals surface area (Å²) >= 11 is 0. The molecule has 0 fully saturated rings. The van der Waals surface area contributed by atoms with E-state index in [-0.39, 0.29) is 39.9 Å². The van der Waals surface area contributed by atoms with Crippen LogP contribution in [0.5, 0.6) is 0 Å². The molecule has 2 heteroatoms. The van der Waals surface area contributed by atoms with Crippen LogP contribution >= 0.6 is 8.58 Å². The van der Waals surface area contributed by atoms with Crippen LogP contribution < -0.4 is 5.30 Å². The zero-order valence-corrected chi connectivity index (χ0v) is 9.22. The minimum Gasteiger partial charge on any atom is -0.0907 e. The number of benzene rings is 1. The monoisotopic (exact) mass is 296 g/mol. The predicted octanol–water partition coefficient (Wildman–Crippen LogP) is 2.01. The van der Waals surface area contributed by atoms with Crippen molar-refractivity contribution in [2.24, 2.45) is 0 Å². The second-order valence-electron chi connectivity index (χ2n) is 1.90. The molecule has 0 heterocycles. The van der Waals surface area contributed by atoms with Gasteiger partial charge in [-0.1, -0.05) is 45.8 Å². The Bertz CT molecular complexity index is 162. The predicted molar refractivity (Wildman–Crippen MR) is 44.9 cm³/mol. The topological polar surface area (TPSA) is 0 Å². The standard InChI is InChI=1S/C8H11P.Gd/c1-2-9-8-6-4-3-5-7-8;/h3-7,9H,2H2,1H3;. The number of hydrogen-bond donors (Lipinski definition) is 0. The summed E-state index contributed by atoms with van der Waals surface area (Å²) in [5, 5.41) is 1.47. The van der Waals surface area contributed by atoms with Gasteiger partial charge in [0, 0.05) is 39.9 Å². The molecule has 1 unspecified atom stereocenters. The maximum Gasteiger partial charge on any atom is 0 e. The Kier molecular flexibility index (Phi) is 7.32. The third-order valence-corrected chi connectivity index (χ3v) is 2.25. The largest absolute Gasteiger partial charge is 0.0907 e. The fourth-order valence-corrected chi connectivity index (χ4v) is 1.60. The Hall–Kier alpha value is 0.975. The summed E-state index contributed by atoms with van der Waals surface area (Å²) in [5.74, 6) is 0. The number of rotatable bonds is 2. The van der Waals surface area contributed by atoms with Gasteiger partial charge in [0.2, 0.25) is 0 Å². The molecule has 0 N–H and O–H groups in total. The summed E-state index contributed by atoms with van der Waals surface area (Å²) in [6.07, 6.45) is 1.27. The molecule has 0 aliphatic carbocycles. The third kappa shape index (κ3) is 3.98. The molecule has 0 radical (unpaired) electrons. The minimum absolute atomic E-state index is 0. The van der Waals surface area contributed by atoms with Crippen LogP contribution in [0.1, 0.15) is 6.92 Å². The molecular formula is C8H11GdP. The zero-order chi connectivity index (χ0) is 6.53. The second kappa shape index (κ2) is 6.67. The molecule has 56 valence electrons. The van der Waals surface area contributed by atoms with Crippen molar-refractivity contribution in [2.45, 2.75) is 6.92 Å². The van der Waals surface area contributed by atoms with Gasteiger partial charge in [0.15, 0.2) is 0 Å². The molecule has 0 spiro atoms. The molecule has 1 atom stereocenters. The molecule has 10 heavy (non-hydrogen) atoms.